The Morgan fingerprint density at radius 1 is 1.38 bits per heavy atom. The number of benzene rings is 1. The fourth-order valence-electron chi connectivity index (χ4n) is 4.96. The predicted molar refractivity (Wildman–Crippen MR) is 112 cm³/mol. The van der Waals surface area contributed by atoms with E-state index in [-0.39, 0.29) is 17.6 Å². The van der Waals surface area contributed by atoms with Crippen molar-refractivity contribution in [2.24, 2.45) is 5.92 Å². The van der Waals surface area contributed by atoms with Gasteiger partial charge in [0.2, 0.25) is 5.91 Å². The third-order valence-corrected chi connectivity index (χ3v) is 6.44. The summed E-state index contributed by atoms with van der Waals surface area (Å²) in [6.07, 6.45) is 7.08. The van der Waals surface area contributed by atoms with Crippen LogP contribution >= 0.6 is 0 Å². The molecule has 0 unspecified atom stereocenters. The molecule has 3 aliphatic rings. The molecule has 0 radical (unpaired) electrons. The molecule has 1 fully saturated rings. The van der Waals surface area contributed by atoms with Gasteiger partial charge in [-0.25, -0.2) is 4.79 Å². The Morgan fingerprint density at radius 3 is 3.07 bits per heavy atom. The summed E-state index contributed by atoms with van der Waals surface area (Å²) >= 11 is 0. The van der Waals surface area contributed by atoms with Crippen LogP contribution in [0.3, 0.4) is 0 Å². The molecule has 1 aliphatic heterocycles. The number of nitrogens with zero attached hydrogens (tertiary/aromatic N) is 2. The zero-order chi connectivity index (χ0) is 22.6. The highest BCUT2D eigenvalue weighted by molar-refractivity contribution is 5.79. The fourth-order valence-corrected chi connectivity index (χ4v) is 4.96. The van der Waals surface area contributed by atoms with Gasteiger partial charge in [0.1, 0.15) is 11.6 Å². The standard InChI is InChI=1S/C24H25N3O2/c1-3-4-22(29)26-24-18-10-17(18)23-19(11-25-12-20(23)24)14-6-8-21-15(9-14)5-7-16(13-28)27(21)2/h6,8-9,11-12,17-18,24H,3-5,7,10H2,1-2H3,(H,26,29)/t17-,18+,24+/m0/s1/i2D3. The Labute approximate surface area is 175 Å². The summed E-state index contributed by atoms with van der Waals surface area (Å²) < 4.78 is 23.6. The maximum Gasteiger partial charge on any atom is 0.220 e. The molecular weight excluding hydrogens is 362 g/mol. The van der Waals surface area contributed by atoms with Crippen LogP contribution in [0.25, 0.3) is 11.1 Å². The number of fused-ring (bicyclic) bond motifs is 4. The number of nitrogens with one attached hydrogen (secondary N) is 1. The van der Waals surface area contributed by atoms with Crippen LogP contribution in [-0.4, -0.2) is 23.8 Å². The van der Waals surface area contributed by atoms with Crippen molar-refractivity contribution in [3.63, 3.8) is 0 Å². The maximum atomic E-state index is 12.2. The minimum Gasteiger partial charge on any atom is -0.349 e. The van der Waals surface area contributed by atoms with Crippen LogP contribution in [0.2, 0.25) is 0 Å². The summed E-state index contributed by atoms with van der Waals surface area (Å²) in [5.74, 6) is 2.75. The van der Waals surface area contributed by atoms with Crippen LogP contribution in [0.5, 0.6) is 0 Å². The molecule has 29 heavy (non-hydrogen) atoms. The number of anilines is 1. The van der Waals surface area contributed by atoms with Gasteiger partial charge in [0.15, 0.2) is 0 Å². The normalized spacial score (nSPS) is 25.7. The molecule has 5 heteroatoms. The molecule has 5 rings (SSSR count). The van der Waals surface area contributed by atoms with Crippen molar-refractivity contribution >= 4 is 17.5 Å². The van der Waals surface area contributed by atoms with Crippen LogP contribution in [0, 0.1) is 5.92 Å². The summed E-state index contributed by atoms with van der Waals surface area (Å²) in [5.41, 5.74) is 5.98. The quantitative estimate of drug-likeness (QED) is 0.804. The molecule has 1 aromatic carbocycles. The number of pyridine rings is 1. The molecule has 5 nitrogen and oxygen atoms in total. The monoisotopic (exact) mass is 390 g/mol. The Balaban J connectivity index is 1.53. The van der Waals surface area contributed by atoms with Crippen LogP contribution in [0.1, 0.15) is 65.4 Å². The Hall–Kier alpha value is -2.91. The molecule has 2 aromatic rings. The van der Waals surface area contributed by atoms with E-state index in [9.17, 15) is 9.59 Å². The maximum absolute atomic E-state index is 12.2. The third kappa shape index (κ3) is 2.89. The molecule has 0 saturated heterocycles. The van der Waals surface area contributed by atoms with Gasteiger partial charge in [-0.1, -0.05) is 13.0 Å². The zero-order valence-electron chi connectivity index (χ0n) is 19.4. The van der Waals surface area contributed by atoms with E-state index < -0.39 is 6.98 Å². The van der Waals surface area contributed by atoms with Crippen molar-refractivity contribution in [2.45, 2.75) is 51.0 Å². The van der Waals surface area contributed by atoms with Gasteiger partial charge in [-0.2, -0.15) is 0 Å². The first-order chi connectivity index (χ1) is 15.3. The van der Waals surface area contributed by atoms with Gasteiger partial charge in [-0.15, -0.1) is 0 Å². The number of rotatable bonds is 4. The summed E-state index contributed by atoms with van der Waals surface area (Å²) in [7, 11) is 0. The molecular formula is C24H25N3O2. The van der Waals surface area contributed by atoms with E-state index in [4.69, 9.17) is 4.11 Å². The number of hydrogen-bond donors (Lipinski definition) is 1. The molecule has 1 saturated carbocycles. The fraction of sp³-hybridized carbons (Fsp3) is 0.417. The first kappa shape index (κ1) is 15.0. The topological polar surface area (TPSA) is 62.3 Å². The van der Waals surface area contributed by atoms with Gasteiger partial charge < -0.3 is 10.2 Å². The molecule has 2 aliphatic carbocycles. The van der Waals surface area contributed by atoms with Gasteiger partial charge in [0.25, 0.3) is 0 Å². The van der Waals surface area contributed by atoms with E-state index in [1.54, 1.807) is 6.07 Å². The Morgan fingerprint density at radius 2 is 2.28 bits per heavy atom. The highest BCUT2D eigenvalue weighted by atomic mass is 16.1. The van der Waals surface area contributed by atoms with Gasteiger partial charge in [-0.05, 0) is 65.5 Å². The average molecular weight is 391 g/mol. The van der Waals surface area contributed by atoms with E-state index in [0.717, 1.165) is 40.0 Å². The van der Waals surface area contributed by atoms with E-state index in [1.807, 2.05) is 37.4 Å². The van der Waals surface area contributed by atoms with Crippen molar-refractivity contribution in [3.05, 3.63) is 53.0 Å². The van der Waals surface area contributed by atoms with E-state index in [1.165, 1.54) is 5.56 Å². The number of aromatic nitrogens is 1. The third-order valence-electron chi connectivity index (χ3n) is 6.44. The largest absolute Gasteiger partial charge is 0.349 e. The predicted octanol–water partition coefficient (Wildman–Crippen LogP) is 3.92. The van der Waals surface area contributed by atoms with Gasteiger partial charge in [0.05, 0.1) is 6.04 Å². The van der Waals surface area contributed by atoms with Crippen molar-refractivity contribution in [1.82, 2.24) is 10.3 Å². The first-order valence-electron chi connectivity index (χ1n) is 11.8. The summed E-state index contributed by atoms with van der Waals surface area (Å²) in [6, 6.07) is 5.73. The molecule has 3 atom stereocenters. The Kier molecular flexibility index (Phi) is 3.55. The van der Waals surface area contributed by atoms with Gasteiger partial charge in [0, 0.05) is 47.6 Å². The van der Waals surface area contributed by atoms with Gasteiger partial charge >= 0.3 is 0 Å². The molecule has 1 N–H and O–H groups in total. The Bertz CT molecular complexity index is 1150. The van der Waals surface area contributed by atoms with E-state index >= 15 is 0 Å². The number of carbonyl (C=O) groups excluding carboxylic acids is 2. The van der Waals surface area contributed by atoms with Crippen LogP contribution in [-0.2, 0) is 16.0 Å². The SMILES string of the molecule is [2H]C([2H])([2H])N1C(=C=O)CCc2cc(-c3cncc4c3[C@H]3C[C@H]3[C@H]4NC(=O)CCC)ccc21. The lowest BCUT2D eigenvalue weighted by molar-refractivity contribution is -0.122. The summed E-state index contributed by atoms with van der Waals surface area (Å²) in [4.78, 5) is 29.2. The molecule has 0 bridgehead atoms. The number of hydrogen-bond acceptors (Lipinski definition) is 4. The number of allylic oxidation sites excluding steroid dienone is 1. The summed E-state index contributed by atoms with van der Waals surface area (Å²) in [6.45, 7) is -0.441. The van der Waals surface area contributed by atoms with Crippen LogP contribution in [0.15, 0.2) is 36.3 Å². The molecule has 148 valence electrons. The van der Waals surface area contributed by atoms with Crippen LogP contribution < -0.4 is 10.2 Å². The van der Waals surface area contributed by atoms with Gasteiger partial charge in [-0.3, -0.25) is 9.78 Å². The van der Waals surface area contributed by atoms with Crippen molar-refractivity contribution < 1.29 is 13.7 Å². The lowest BCUT2D eigenvalue weighted by Gasteiger charge is -2.28. The molecule has 2 heterocycles. The lowest BCUT2D eigenvalue weighted by atomic mass is 9.92. The second-order valence-corrected chi connectivity index (χ2v) is 8.22. The highest BCUT2D eigenvalue weighted by Crippen LogP contribution is 2.63. The molecule has 1 aromatic heterocycles. The summed E-state index contributed by atoms with van der Waals surface area (Å²) in [5, 5.41) is 3.20. The minimum atomic E-state index is -2.44. The number of carbonyl (C=O) groups is 1. The molecule has 1 amide bonds. The second-order valence-electron chi connectivity index (χ2n) is 8.22. The van der Waals surface area contributed by atoms with Crippen molar-refractivity contribution in [3.8, 4) is 11.1 Å². The number of aryl methyl sites for hydroxylation is 1. The van der Waals surface area contributed by atoms with Crippen molar-refractivity contribution in [2.75, 3.05) is 11.9 Å². The average Bonchev–Trinajstić information content (AvgIpc) is 3.49. The van der Waals surface area contributed by atoms with E-state index in [0.29, 0.717) is 36.8 Å². The van der Waals surface area contributed by atoms with E-state index in [2.05, 4.69) is 10.3 Å². The first-order valence-corrected chi connectivity index (χ1v) is 10.3. The second kappa shape index (κ2) is 6.85. The highest BCUT2D eigenvalue weighted by Gasteiger charge is 2.53. The number of amides is 1. The lowest BCUT2D eigenvalue weighted by Crippen LogP contribution is -2.28. The van der Waals surface area contributed by atoms with Crippen molar-refractivity contribution in [1.29, 1.82) is 0 Å². The smallest absolute Gasteiger partial charge is 0.220 e. The minimum absolute atomic E-state index is 0.0189. The van der Waals surface area contributed by atoms with Crippen LogP contribution in [0.4, 0.5) is 5.69 Å². The zero-order valence-corrected chi connectivity index (χ0v) is 16.4. The molecule has 0 spiro atoms.